The van der Waals surface area contributed by atoms with Crippen LogP contribution in [-0.2, 0) is 16.0 Å². The van der Waals surface area contributed by atoms with Gasteiger partial charge in [-0.05, 0) is 31.2 Å². The number of carbonyl (C=O) groups excluding carboxylic acids is 1. The highest BCUT2D eigenvalue weighted by Crippen LogP contribution is 2.47. The van der Waals surface area contributed by atoms with Gasteiger partial charge in [-0.15, -0.1) is 24.0 Å². The predicted molar refractivity (Wildman–Crippen MR) is 110 cm³/mol. The lowest BCUT2D eigenvalue weighted by Gasteiger charge is -2.36. The van der Waals surface area contributed by atoms with Crippen molar-refractivity contribution in [2.75, 3.05) is 0 Å². The Hall–Kier alpha value is -1.30. The highest BCUT2D eigenvalue weighted by atomic mass is 127. The average Bonchev–Trinajstić information content (AvgIpc) is 2.83. The number of aromatic amines is 1. The molecule has 0 fully saturated rings. The molecule has 24 heavy (non-hydrogen) atoms. The molecule has 0 spiro atoms. The zero-order valence-corrected chi connectivity index (χ0v) is 17.4. The third-order valence-electron chi connectivity index (χ3n) is 5.09. The molecule has 1 N–H and O–H groups in total. The Morgan fingerprint density at radius 2 is 2.00 bits per heavy atom. The standard InChI is InChI=1S/C20H25NO2.HI/c1-6-17(23-13(3)22)18-12(2)20(4,5)11-16-19(18)14-9-7-8-10-15(14)21-16;/h7-10,17,21H,6,11H2,1-5H3;1H. The van der Waals surface area contributed by atoms with Crippen LogP contribution in [0.1, 0.15) is 52.3 Å². The van der Waals surface area contributed by atoms with E-state index in [1.807, 2.05) is 0 Å². The first-order valence-electron chi connectivity index (χ1n) is 8.33. The van der Waals surface area contributed by atoms with Gasteiger partial charge in [-0.2, -0.15) is 0 Å². The van der Waals surface area contributed by atoms with Crippen LogP contribution in [0.5, 0.6) is 0 Å². The number of para-hydroxylation sites is 1. The van der Waals surface area contributed by atoms with Gasteiger partial charge >= 0.3 is 5.97 Å². The fraction of sp³-hybridized carbons (Fsp3) is 0.450. The van der Waals surface area contributed by atoms with Crippen molar-refractivity contribution in [1.82, 2.24) is 4.98 Å². The molecular weight excluding hydrogens is 413 g/mol. The van der Waals surface area contributed by atoms with Gasteiger partial charge in [0.2, 0.25) is 0 Å². The molecule has 1 heterocycles. The van der Waals surface area contributed by atoms with Crippen molar-refractivity contribution >= 4 is 46.4 Å². The topological polar surface area (TPSA) is 42.1 Å². The van der Waals surface area contributed by atoms with Crippen LogP contribution in [0.25, 0.3) is 16.5 Å². The SMILES string of the molecule is CCC(OC(C)=O)C1=C(C)C(C)(C)Cc2[nH]c3ccccc3c21.I. The van der Waals surface area contributed by atoms with Crippen molar-refractivity contribution in [2.24, 2.45) is 5.41 Å². The largest absolute Gasteiger partial charge is 0.458 e. The fourth-order valence-electron chi connectivity index (χ4n) is 3.71. The third-order valence-corrected chi connectivity index (χ3v) is 5.09. The maximum Gasteiger partial charge on any atom is 0.303 e. The summed E-state index contributed by atoms with van der Waals surface area (Å²) < 4.78 is 5.67. The van der Waals surface area contributed by atoms with Gasteiger partial charge in [0.1, 0.15) is 6.10 Å². The van der Waals surface area contributed by atoms with Crippen molar-refractivity contribution in [3.63, 3.8) is 0 Å². The summed E-state index contributed by atoms with van der Waals surface area (Å²) in [6, 6.07) is 8.38. The van der Waals surface area contributed by atoms with E-state index in [1.54, 1.807) is 0 Å². The number of rotatable bonds is 3. The number of aromatic nitrogens is 1. The summed E-state index contributed by atoms with van der Waals surface area (Å²) in [7, 11) is 0. The van der Waals surface area contributed by atoms with Crippen LogP contribution >= 0.6 is 24.0 Å². The molecule has 1 aliphatic carbocycles. The quantitative estimate of drug-likeness (QED) is 0.508. The van der Waals surface area contributed by atoms with Crippen LogP contribution in [-0.4, -0.2) is 17.1 Å². The molecule has 130 valence electrons. The summed E-state index contributed by atoms with van der Waals surface area (Å²) in [5.41, 5.74) is 6.21. The van der Waals surface area contributed by atoms with Gasteiger partial charge in [0, 0.05) is 34.7 Å². The second-order valence-corrected chi connectivity index (χ2v) is 7.13. The van der Waals surface area contributed by atoms with Gasteiger partial charge < -0.3 is 9.72 Å². The van der Waals surface area contributed by atoms with Gasteiger partial charge in [0.05, 0.1) is 0 Å². The van der Waals surface area contributed by atoms with Crippen LogP contribution in [0.2, 0.25) is 0 Å². The molecule has 0 amide bonds. The second-order valence-electron chi connectivity index (χ2n) is 7.13. The van der Waals surface area contributed by atoms with E-state index in [-0.39, 0.29) is 41.5 Å². The van der Waals surface area contributed by atoms with Gasteiger partial charge in [0.15, 0.2) is 0 Å². The molecule has 3 rings (SSSR count). The summed E-state index contributed by atoms with van der Waals surface area (Å²) >= 11 is 0. The van der Waals surface area contributed by atoms with E-state index in [9.17, 15) is 4.79 Å². The first kappa shape index (κ1) is 19.0. The van der Waals surface area contributed by atoms with E-state index in [0.717, 1.165) is 18.4 Å². The number of fused-ring (bicyclic) bond motifs is 3. The summed E-state index contributed by atoms with van der Waals surface area (Å²) in [5, 5.41) is 1.22. The van der Waals surface area contributed by atoms with Gasteiger partial charge in [0.25, 0.3) is 0 Å². The maximum atomic E-state index is 11.6. The summed E-state index contributed by atoms with van der Waals surface area (Å²) in [6.45, 7) is 10.3. The highest BCUT2D eigenvalue weighted by Gasteiger charge is 2.36. The van der Waals surface area contributed by atoms with Crippen molar-refractivity contribution in [2.45, 2.75) is 53.6 Å². The highest BCUT2D eigenvalue weighted by molar-refractivity contribution is 14.0. The molecule has 3 nitrogen and oxygen atoms in total. The molecule has 0 radical (unpaired) electrons. The van der Waals surface area contributed by atoms with Crippen molar-refractivity contribution in [1.29, 1.82) is 0 Å². The number of allylic oxidation sites excluding steroid dienone is 1. The molecule has 2 aromatic rings. The van der Waals surface area contributed by atoms with E-state index in [0.29, 0.717) is 0 Å². The number of benzene rings is 1. The second kappa shape index (κ2) is 6.90. The van der Waals surface area contributed by atoms with Crippen LogP contribution < -0.4 is 0 Å². The molecular formula is C20H26INO2. The summed E-state index contributed by atoms with van der Waals surface area (Å²) in [4.78, 5) is 15.2. The minimum atomic E-state index is -0.220. The maximum absolute atomic E-state index is 11.6. The van der Waals surface area contributed by atoms with Gasteiger partial charge in [-0.25, -0.2) is 0 Å². The molecule has 0 saturated carbocycles. The van der Waals surface area contributed by atoms with Crippen LogP contribution in [0.3, 0.4) is 0 Å². The normalized spacial score (nSPS) is 17.2. The molecule has 0 aliphatic heterocycles. The number of ether oxygens (including phenoxy) is 1. The summed E-state index contributed by atoms with van der Waals surface area (Å²) in [5.74, 6) is -0.220. The Labute approximate surface area is 160 Å². The Morgan fingerprint density at radius 3 is 2.62 bits per heavy atom. The van der Waals surface area contributed by atoms with Gasteiger partial charge in [-0.3, -0.25) is 4.79 Å². The van der Waals surface area contributed by atoms with Crippen molar-refractivity contribution in [3.05, 3.63) is 41.1 Å². The molecule has 1 aromatic heterocycles. The van der Waals surface area contributed by atoms with E-state index >= 15 is 0 Å². The predicted octanol–water partition coefficient (Wildman–Crippen LogP) is 5.48. The number of carbonyl (C=O) groups is 1. The third kappa shape index (κ3) is 3.13. The number of hydrogen-bond acceptors (Lipinski definition) is 2. The minimum Gasteiger partial charge on any atom is -0.458 e. The van der Waals surface area contributed by atoms with E-state index in [4.69, 9.17) is 4.74 Å². The van der Waals surface area contributed by atoms with Crippen LogP contribution in [0, 0.1) is 5.41 Å². The zero-order chi connectivity index (χ0) is 16.8. The number of nitrogens with one attached hydrogen (secondary N) is 1. The Morgan fingerprint density at radius 1 is 1.33 bits per heavy atom. The first-order valence-corrected chi connectivity index (χ1v) is 8.33. The number of H-pyrrole nitrogens is 1. The average molecular weight is 439 g/mol. The molecule has 4 heteroatoms. The van der Waals surface area contributed by atoms with E-state index in [2.05, 4.69) is 56.9 Å². The minimum absolute atomic E-state index is 0. The van der Waals surface area contributed by atoms with Crippen LogP contribution in [0.4, 0.5) is 0 Å². The van der Waals surface area contributed by atoms with Gasteiger partial charge in [-0.1, -0.05) is 44.5 Å². The Kier molecular flexibility index (Phi) is 5.47. The monoisotopic (exact) mass is 439 g/mol. The smallest absolute Gasteiger partial charge is 0.303 e. The van der Waals surface area contributed by atoms with Crippen LogP contribution in [0.15, 0.2) is 29.8 Å². The Bertz CT molecular complexity index is 801. The molecule has 0 saturated heterocycles. The fourth-order valence-corrected chi connectivity index (χ4v) is 3.71. The number of hydrogen-bond donors (Lipinski definition) is 1. The lowest BCUT2D eigenvalue weighted by molar-refractivity contribution is -0.143. The molecule has 1 unspecified atom stereocenters. The molecule has 0 bridgehead atoms. The van der Waals surface area contributed by atoms with Crippen molar-refractivity contribution < 1.29 is 9.53 Å². The lowest BCUT2D eigenvalue weighted by Crippen LogP contribution is -2.28. The number of halogens is 1. The summed E-state index contributed by atoms with van der Waals surface area (Å²) in [6.07, 6.45) is 1.56. The zero-order valence-electron chi connectivity index (χ0n) is 15.0. The van der Waals surface area contributed by atoms with E-state index < -0.39 is 0 Å². The molecule has 1 atom stereocenters. The number of esters is 1. The lowest BCUT2D eigenvalue weighted by atomic mass is 9.71. The van der Waals surface area contributed by atoms with Crippen molar-refractivity contribution in [3.8, 4) is 0 Å². The Balaban J connectivity index is 0.00000208. The first-order chi connectivity index (χ1) is 10.8. The molecule has 1 aliphatic rings. The molecule has 1 aromatic carbocycles. The van der Waals surface area contributed by atoms with E-state index in [1.165, 1.54) is 34.7 Å².